The lowest BCUT2D eigenvalue weighted by Gasteiger charge is -2.22. The van der Waals surface area contributed by atoms with Crippen molar-refractivity contribution >= 4 is 7.60 Å². The van der Waals surface area contributed by atoms with Gasteiger partial charge in [-0.25, -0.2) is 0 Å². The molecule has 0 bridgehead atoms. The molecule has 0 aliphatic rings. The van der Waals surface area contributed by atoms with Gasteiger partial charge in [-0.1, -0.05) is 42.5 Å². The molecule has 1 aromatic carbocycles. The van der Waals surface area contributed by atoms with Crippen molar-refractivity contribution in [2.75, 3.05) is 13.2 Å². The Morgan fingerprint density at radius 1 is 1.17 bits per heavy atom. The van der Waals surface area contributed by atoms with Gasteiger partial charge in [0.05, 0.1) is 13.2 Å². The third-order valence-corrected chi connectivity index (χ3v) is 4.06. The lowest BCUT2D eigenvalue weighted by molar-refractivity contribution is 0.158. The monoisotopic (exact) mass is 268 g/mol. The summed E-state index contributed by atoms with van der Waals surface area (Å²) >= 11 is 0. The first kappa shape index (κ1) is 14.9. The van der Waals surface area contributed by atoms with Crippen molar-refractivity contribution in [1.29, 1.82) is 0 Å². The molecule has 0 spiro atoms. The second kappa shape index (κ2) is 7.29. The van der Waals surface area contributed by atoms with Crippen LogP contribution in [0.25, 0.3) is 0 Å². The largest absolute Gasteiger partial charge is 0.376 e. The van der Waals surface area contributed by atoms with Gasteiger partial charge < -0.3 is 14.2 Å². The Bertz CT molecular complexity index is 414. The van der Waals surface area contributed by atoms with Crippen LogP contribution < -0.4 is 0 Å². The minimum atomic E-state index is -3.65. The van der Waals surface area contributed by atoms with Crippen molar-refractivity contribution in [2.24, 2.45) is 0 Å². The first-order valence-corrected chi connectivity index (χ1v) is 7.09. The molecule has 0 saturated carbocycles. The highest BCUT2D eigenvalue weighted by molar-refractivity contribution is 7.54. The fourth-order valence-corrected chi connectivity index (χ4v) is 2.82. The Kier molecular flexibility index (Phi) is 6.02. The van der Waals surface area contributed by atoms with Crippen molar-refractivity contribution in [3.8, 4) is 0 Å². The number of hydrogen-bond acceptors (Lipinski definition) is 4. The average molecular weight is 268 g/mol. The molecular formula is C13H17O4P. The maximum absolute atomic E-state index is 12.4. The zero-order valence-electron chi connectivity index (χ0n) is 10.1. The average Bonchev–Trinajstić information content (AvgIpc) is 2.43. The summed E-state index contributed by atoms with van der Waals surface area (Å²) < 4.78 is 22.7. The third-order valence-electron chi connectivity index (χ3n) is 2.14. The van der Waals surface area contributed by atoms with Crippen LogP contribution in [0.1, 0.15) is 11.4 Å². The molecule has 0 saturated heterocycles. The molecule has 0 amide bonds. The predicted octanol–water partition coefficient (Wildman–Crippen LogP) is 3.28. The topological polar surface area (TPSA) is 55.8 Å². The van der Waals surface area contributed by atoms with Gasteiger partial charge in [0, 0.05) is 0 Å². The number of aliphatic hydroxyl groups excluding tert-OH is 1. The molecule has 0 aliphatic carbocycles. The lowest BCUT2D eigenvalue weighted by Crippen LogP contribution is -2.06. The quantitative estimate of drug-likeness (QED) is 0.580. The van der Waals surface area contributed by atoms with Crippen molar-refractivity contribution in [3.05, 3.63) is 61.2 Å². The molecule has 1 N–H and O–H groups in total. The van der Waals surface area contributed by atoms with E-state index in [4.69, 9.17) is 9.05 Å². The molecule has 1 rings (SSSR count). The first-order chi connectivity index (χ1) is 8.64. The molecule has 0 heterocycles. The normalized spacial score (nSPS) is 12.9. The Morgan fingerprint density at radius 2 is 1.67 bits per heavy atom. The van der Waals surface area contributed by atoms with E-state index >= 15 is 0 Å². The van der Waals surface area contributed by atoms with Crippen molar-refractivity contribution in [3.63, 3.8) is 0 Å². The van der Waals surface area contributed by atoms with E-state index < -0.39 is 13.4 Å². The molecule has 0 aliphatic heterocycles. The van der Waals surface area contributed by atoms with Crippen LogP contribution >= 0.6 is 7.60 Å². The van der Waals surface area contributed by atoms with E-state index in [2.05, 4.69) is 13.2 Å². The Balaban J connectivity index is 2.91. The van der Waals surface area contributed by atoms with Crippen LogP contribution in [-0.2, 0) is 13.6 Å². The molecule has 1 aromatic rings. The SMILES string of the molecule is C=CCOP(=O)(OCC=C)[C@H](O)c1ccccc1. The highest BCUT2D eigenvalue weighted by Crippen LogP contribution is 2.59. The highest BCUT2D eigenvalue weighted by atomic mass is 31.2. The lowest BCUT2D eigenvalue weighted by atomic mass is 10.2. The summed E-state index contributed by atoms with van der Waals surface area (Å²) in [5.41, 5.74) is 0.481. The molecule has 18 heavy (non-hydrogen) atoms. The Labute approximate surface area is 107 Å². The zero-order chi connectivity index (χ0) is 13.4. The smallest absolute Gasteiger partial charge is 0.364 e. The molecule has 0 fully saturated rings. The summed E-state index contributed by atoms with van der Waals surface area (Å²) in [6.07, 6.45) is 2.89. The van der Waals surface area contributed by atoms with E-state index in [0.29, 0.717) is 5.56 Å². The Hall–Kier alpha value is -1.19. The van der Waals surface area contributed by atoms with Crippen LogP contribution in [0.5, 0.6) is 0 Å². The maximum atomic E-state index is 12.4. The number of hydrogen-bond donors (Lipinski definition) is 1. The summed E-state index contributed by atoms with van der Waals surface area (Å²) in [6.45, 7) is 7.03. The van der Waals surface area contributed by atoms with Crippen LogP contribution in [0.4, 0.5) is 0 Å². The van der Waals surface area contributed by atoms with Crippen molar-refractivity contribution in [1.82, 2.24) is 0 Å². The summed E-state index contributed by atoms with van der Waals surface area (Å²) in [5, 5.41) is 10.1. The van der Waals surface area contributed by atoms with E-state index in [1.807, 2.05) is 0 Å². The minimum Gasteiger partial charge on any atom is -0.376 e. The van der Waals surface area contributed by atoms with Crippen LogP contribution in [0.2, 0.25) is 0 Å². The van der Waals surface area contributed by atoms with E-state index in [0.717, 1.165) is 0 Å². The first-order valence-electron chi connectivity index (χ1n) is 5.47. The van der Waals surface area contributed by atoms with Crippen molar-refractivity contribution in [2.45, 2.75) is 5.85 Å². The second-order valence-corrected chi connectivity index (χ2v) is 5.58. The van der Waals surface area contributed by atoms with Crippen LogP contribution in [-0.4, -0.2) is 18.3 Å². The van der Waals surface area contributed by atoms with E-state index in [1.165, 1.54) is 12.2 Å². The van der Waals surface area contributed by atoms with Crippen LogP contribution in [0.3, 0.4) is 0 Å². The zero-order valence-corrected chi connectivity index (χ0v) is 11.0. The van der Waals surface area contributed by atoms with Gasteiger partial charge >= 0.3 is 7.60 Å². The van der Waals surface area contributed by atoms with E-state index in [9.17, 15) is 9.67 Å². The van der Waals surface area contributed by atoms with Gasteiger partial charge in [-0.3, -0.25) is 4.57 Å². The molecule has 4 nitrogen and oxygen atoms in total. The summed E-state index contributed by atoms with van der Waals surface area (Å²) in [7, 11) is -3.65. The molecular weight excluding hydrogens is 251 g/mol. The summed E-state index contributed by atoms with van der Waals surface area (Å²) in [5.74, 6) is -1.32. The third kappa shape index (κ3) is 3.93. The molecule has 0 aromatic heterocycles. The molecule has 98 valence electrons. The van der Waals surface area contributed by atoms with Gasteiger partial charge in [-0.05, 0) is 5.56 Å². The number of benzene rings is 1. The summed E-state index contributed by atoms with van der Waals surface area (Å²) in [6, 6.07) is 8.60. The van der Waals surface area contributed by atoms with Crippen molar-refractivity contribution < 1.29 is 18.7 Å². The molecule has 0 radical (unpaired) electrons. The number of aliphatic hydroxyl groups is 1. The van der Waals surface area contributed by atoms with Gasteiger partial charge in [0.15, 0.2) is 5.85 Å². The van der Waals surface area contributed by atoms with Gasteiger partial charge in [-0.15, -0.1) is 13.2 Å². The van der Waals surface area contributed by atoms with Crippen LogP contribution in [0.15, 0.2) is 55.6 Å². The van der Waals surface area contributed by atoms with Gasteiger partial charge in [0.2, 0.25) is 0 Å². The standard InChI is InChI=1S/C13H17O4P/c1-3-10-16-18(15,17-11-4-2)13(14)12-8-6-5-7-9-12/h3-9,13-14H,1-2,10-11H2/t13-/m0/s1. The predicted molar refractivity (Wildman–Crippen MR) is 71.3 cm³/mol. The highest BCUT2D eigenvalue weighted by Gasteiger charge is 2.35. The van der Waals surface area contributed by atoms with Gasteiger partial charge in [0.1, 0.15) is 0 Å². The van der Waals surface area contributed by atoms with Gasteiger partial charge in [0.25, 0.3) is 0 Å². The van der Waals surface area contributed by atoms with Gasteiger partial charge in [-0.2, -0.15) is 0 Å². The summed E-state index contributed by atoms with van der Waals surface area (Å²) in [4.78, 5) is 0. The molecule has 0 unspecified atom stereocenters. The maximum Gasteiger partial charge on any atom is 0.364 e. The van der Waals surface area contributed by atoms with E-state index in [1.54, 1.807) is 30.3 Å². The fraction of sp³-hybridized carbons (Fsp3) is 0.231. The number of rotatable bonds is 8. The fourth-order valence-electron chi connectivity index (χ4n) is 1.30. The molecule has 1 atom stereocenters. The second-order valence-electron chi connectivity index (χ2n) is 3.49. The minimum absolute atomic E-state index is 0.0400. The molecule has 5 heteroatoms. The Morgan fingerprint density at radius 3 is 2.11 bits per heavy atom. The van der Waals surface area contributed by atoms with Crippen LogP contribution in [0, 0.1) is 0 Å². The van der Waals surface area contributed by atoms with E-state index in [-0.39, 0.29) is 13.2 Å².